The SMILES string of the molecule is CC(C)[C@H](C)C(=O)NC(=O)[C@H](O)[C@H](O)[C@@H](O)[C@@H](Oc1ccc(C2CCCC(=O)C2=O)cc1)C(=O)NC(=O)[C@@H](C)C(C)C. The molecule has 232 valence electrons. The first kappa shape index (κ1) is 34.7. The van der Waals surface area contributed by atoms with E-state index in [0.29, 0.717) is 18.4 Å². The Morgan fingerprint density at radius 3 is 1.76 bits per heavy atom. The van der Waals surface area contributed by atoms with Gasteiger partial charge in [-0.3, -0.25) is 39.4 Å². The molecule has 0 spiro atoms. The molecule has 12 heteroatoms. The largest absolute Gasteiger partial charge is 0.478 e. The second-order valence-corrected chi connectivity index (χ2v) is 11.5. The van der Waals surface area contributed by atoms with Gasteiger partial charge in [-0.15, -0.1) is 0 Å². The van der Waals surface area contributed by atoms with Crippen molar-refractivity contribution in [2.24, 2.45) is 23.7 Å². The zero-order chi connectivity index (χ0) is 31.9. The third-order valence-electron chi connectivity index (χ3n) is 7.86. The number of hydrogen-bond donors (Lipinski definition) is 5. The molecular formula is C30H42N2O10. The molecule has 1 fully saturated rings. The van der Waals surface area contributed by atoms with Gasteiger partial charge in [0, 0.05) is 18.3 Å². The van der Waals surface area contributed by atoms with Gasteiger partial charge in [0.05, 0.1) is 5.92 Å². The Morgan fingerprint density at radius 1 is 0.762 bits per heavy atom. The number of carbonyl (C=O) groups is 6. The summed E-state index contributed by atoms with van der Waals surface area (Å²) in [6.45, 7) is 10.2. The van der Waals surface area contributed by atoms with Crippen molar-refractivity contribution in [2.45, 2.75) is 91.1 Å². The van der Waals surface area contributed by atoms with Gasteiger partial charge < -0.3 is 20.1 Å². The predicted molar refractivity (Wildman–Crippen MR) is 150 cm³/mol. The van der Waals surface area contributed by atoms with Crippen LogP contribution in [0.25, 0.3) is 0 Å². The van der Waals surface area contributed by atoms with Crippen molar-refractivity contribution in [3.05, 3.63) is 29.8 Å². The monoisotopic (exact) mass is 590 g/mol. The van der Waals surface area contributed by atoms with Crippen LogP contribution in [0.2, 0.25) is 0 Å². The minimum Gasteiger partial charge on any atom is -0.478 e. The van der Waals surface area contributed by atoms with Crippen molar-refractivity contribution in [2.75, 3.05) is 0 Å². The molecule has 12 nitrogen and oxygen atoms in total. The van der Waals surface area contributed by atoms with E-state index in [-0.39, 0.29) is 24.0 Å². The molecule has 42 heavy (non-hydrogen) atoms. The first-order valence-corrected chi connectivity index (χ1v) is 14.1. The molecular weight excluding hydrogens is 548 g/mol. The van der Waals surface area contributed by atoms with Crippen molar-refractivity contribution in [3.63, 3.8) is 0 Å². The quantitative estimate of drug-likeness (QED) is 0.217. The number of hydrogen-bond acceptors (Lipinski definition) is 10. The lowest BCUT2D eigenvalue weighted by Gasteiger charge is -2.29. The van der Waals surface area contributed by atoms with E-state index in [0.717, 1.165) is 0 Å². The highest BCUT2D eigenvalue weighted by atomic mass is 16.5. The van der Waals surface area contributed by atoms with E-state index in [1.807, 2.05) is 5.32 Å². The molecule has 1 saturated carbocycles. The number of ketones is 2. The summed E-state index contributed by atoms with van der Waals surface area (Å²) in [5.74, 6) is -6.82. The van der Waals surface area contributed by atoms with Crippen LogP contribution in [0.3, 0.4) is 0 Å². The molecule has 1 aliphatic carbocycles. The number of imide groups is 2. The van der Waals surface area contributed by atoms with Crippen molar-refractivity contribution < 1.29 is 48.8 Å². The maximum atomic E-state index is 13.1. The minimum absolute atomic E-state index is 0.0102. The molecule has 1 aromatic carbocycles. The fraction of sp³-hybridized carbons (Fsp3) is 0.600. The van der Waals surface area contributed by atoms with Crippen LogP contribution in [0.4, 0.5) is 0 Å². The summed E-state index contributed by atoms with van der Waals surface area (Å²) in [6, 6.07) is 5.80. The van der Waals surface area contributed by atoms with Gasteiger partial charge in [0.25, 0.3) is 11.8 Å². The zero-order valence-electron chi connectivity index (χ0n) is 24.8. The molecule has 0 aliphatic heterocycles. The Morgan fingerprint density at radius 2 is 1.26 bits per heavy atom. The molecule has 0 saturated heterocycles. The lowest BCUT2D eigenvalue weighted by Crippen LogP contribution is -2.58. The molecule has 1 unspecified atom stereocenters. The highest BCUT2D eigenvalue weighted by molar-refractivity contribution is 6.39. The number of amides is 4. The summed E-state index contributed by atoms with van der Waals surface area (Å²) in [7, 11) is 0. The molecule has 2 rings (SSSR count). The van der Waals surface area contributed by atoms with Gasteiger partial charge in [-0.25, -0.2) is 0 Å². The van der Waals surface area contributed by atoms with Gasteiger partial charge in [-0.1, -0.05) is 53.7 Å². The number of carbonyl (C=O) groups excluding carboxylic acids is 6. The van der Waals surface area contributed by atoms with Crippen LogP contribution in [-0.4, -0.2) is 74.9 Å². The normalized spacial score (nSPS) is 19.8. The van der Waals surface area contributed by atoms with Crippen LogP contribution in [0.5, 0.6) is 5.75 Å². The fourth-order valence-electron chi connectivity index (χ4n) is 4.18. The smallest absolute Gasteiger partial charge is 0.270 e. The molecule has 7 atom stereocenters. The highest BCUT2D eigenvalue weighted by Gasteiger charge is 2.41. The number of nitrogens with one attached hydrogen (secondary N) is 2. The Bertz CT molecular complexity index is 1160. The maximum absolute atomic E-state index is 13.1. The lowest BCUT2D eigenvalue weighted by atomic mass is 9.82. The third kappa shape index (κ3) is 8.76. The molecule has 0 heterocycles. The van der Waals surface area contributed by atoms with Crippen molar-refractivity contribution in [1.29, 1.82) is 0 Å². The first-order chi connectivity index (χ1) is 19.6. The maximum Gasteiger partial charge on any atom is 0.270 e. The third-order valence-corrected chi connectivity index (χ3v) is 7.86. The zero-order valence-corrected chi connectivity index (χ0v) is 24.8. The van der Waals surface area contributed by atoms with Crippen LogP contribution >= 0.6 is 0 Å². The number of aliphatic hydroxyl groups is 3. The van der Waals surface area contributed by atoms with Crippen molar-refractivity contribution >= 4 is 35.2 Å². The average molecular weight is 591 g/mol. The Balaban J connectivity index is 2.28. The molecule has 5 N–H and O–H groups in total. The van der Waals surface area contributed by atoms with E-state index < -0.39 is 77.4 Å². The molecule has 4 amide bonds. The summed E-state index contributed by atoms with van der Waals surface area (Å²) in [5, 5.41) is 36.0. The topological polar surface area (TPSA) is 196 Å². The van der Waals surface area contributed by atoms with Gasteiger partial charge in [-0.2, -0.15) is 0 Å². The number of Topliss-reactive ketones (excluding diaryl/α,β-unsaturated/α-hetero) is 2. The summed E-state index contributed by atoms with van der Waals surface area (Å²) in [5.41, 5.74) is 0.551. The second-order valence-electron chi connectivity index (χ2n) is 11.5. The van der Waals surface area contributed by atoms with E-state index in [1.165, 1.54) is 24.3 Å². The molecule has 0 radical (unpaired) electrons. The lowest BCUT2D eigenvalue weighted by molar-refractivity contribution is -0.156. The summed E-state index contributed by atoms with van der Waals surface area (Å²) in [4.78, 5) is 74.5. The Hall–Kier alpha value is -3.48. The minimum atomic E-state index is -2.33. The van der Waals surface area contributed by atoms with E-state index in [9.17, 15) is 44.1 Å². The highest BCUT2D eigenvalue weighted by Crippen LogP contribution is 2.30. The van der Waals surface area contributed by atoms with Crippen LogP contribution in [0.15, 0.2) is 24.3 Å². The fourth-order valence-corrected chi connectivity index (χ4v) is 4.18. The molecule has 0 aromatic heterocycles. The molecule has 1 aliphatic rings. The van der Waals surface area contributed by atoms with Crippen LogP contribution < -0.4 is 15.4 Å². The second kappa shape index (κ2) is 15.1. The number of benzene rings is 1. The van der Waals surface area contributed by atoms with Gasteiger partial charge in [0.15, 0.2) is 11.9 Å². The summed E-state index contributed by atoms with van der Waals surface area (Å²) >= 11 is 0. The molecule has 1 aromatic rings. The van der Waals surface area contributed by atoms with Crippen LogP contribution in [0.1, 0.15) is 72.3 Å². The van der Waals surface area contributed by atoms with E-state index in [4.69, 9.17) is 4.74 Å². The van der Waals surface area contributed by atoms with Crippen LogP contribution in [-0.2, 0) is 28.8 Å². The van der Waals surface area contributed by atoms with Gasteiger partial charge in [0.2, 0.25) is 23.7 Å². The predicted octanol–water partition coefficient (Wildman–Crippen LogP) is 0.792. The number of ether oxygens (including phenoxy) is 1. The standard InChI is InChI=1S/C30H42N2O10/c1-14(2)16(5)27(38)31-29(40)25(37)23(35)24(36)26(30(41)32-28(39)17(6)15(3)4)42-19-12-10-18(11-13-19)20-8-7-9-21(33)22(20)34/h10-17,20,23-26,35-37H,7-9H2,1-6H3,(H,31,38,40)(H,32,39,41)/t16-,17-,20?,23+,24+,25+,26+/m0/s1. The Labute approximate surface area is 245 Å². The van der Waals surface area contributed by atoms with Crippen LogP contribution in [0, 0.1) is 23.7 Å². The van der Waals surface area contributed by atoms with Gasteiger partial charge in [-0.05, 0) is 42.4 Å². The Kier molecular flexibility index (Phi) is 12.5. The van der Waals surface area contributed by atoms with Crippen molar-refractivity contribution in [1.82, 2.24) is 10.6 Å². The van der Waals surface area contributed by atoms with E-state index in [1.54, 1.807) is 41.5 Å². The van der Waals surface area contributed by atoms with Crippen molar-refractivity contribution in [3.8, 4) is 5.75 Å². The van der Waals surface area contributed by atoms with Gasteiger partial charge in [0.1, 0.15) is 18.0 Å². The van der Waals surface area contributed by atoms with E-state index >= 15 is 0 Å². The summed E-state index contributed by atoms with van der Waals surface area (Å²) < 4.78 is 5.64. The molecule has 0 bridgehead atoms. The van der Waals surface area contributed by atoms with Gasteiger partial charge >= 0.3 is 0 Å². The average Bonchev–Trinajstić information content (AvgIpc) is 2.95. The van der Waals surface area contributed by atoms with E-state index in [2.05, 4.69) is 5.32 Å². The first-order valence-electron chi connectivity index (χ1n) is 14.1. The summed E-state index contributed by atoms with van der Waals surface area (Å²) in [6.07, 6.45) is -7.58. The number of aliphatic hydroxyl groups excluding tert-OH is 3. The number of rotatable bonds is 12.